The molecule has 1 saturated carbocycles. The van der Waals surface area contributed by atoms with Gasteiger partial charge < -0.3 is 20.5 Å². The van der Waals surface area contributed by atoms with Gasteiger partial charge in [0.05, 0.1) is 24.3 Å². The van der Waals surface area contributed by atoms with Crippen LogP contribution < -0.4 is 20.5 Å². The van der Waals surface area contributed by atoms with Crippen molar-refractivity contribution in [2.75, 3.05) is 24.3 Å². The van der Waals surface area contributed by atoms with E-state index in [1.165, 1.54) is 19.3 Å². The minimum Gasteiger partial charge on any atom is -0.477 e. The topological polar surface area (TPSA) is 108 Å². The normalized spacial score (nSPS) is 14.6. The smallest absolute Gasteiger partial charge is 0.319 e. The van der Waals surface area contributed by atoms with Crippen LogP contribution in [0.3, 0.4) is 0 Å². The van der Waals surface area contributed by atoms with Gasteiger partial charge in [0.25, 0.3) is 0 Å². The van der Waals surface area contributed by atoms with Gasteiger partial charge in [0.15, 0.2) is 0 Å². The quantitative estimate of drug-likeness (QED) is 0.598. The number of hydrogen-bond acceptors (Lipinski definition) is 8. The maximum absolute atomic E-state index is 5.97. The largest absolute Gasteiger partial charge is 0.477 e. The third kappa shape index (κ3) is 4.37. The first-order chi connectivity index (χ1) is 14.7. The van der Waals surface area contributed by atoms with Crippen LogP contribution in [0.1, 0.15) is 46.0 Å². The van der Waals surface area contributed by atoms with Gasteiger partial charge in [0.2, 0.25) is 11.8 Å². The average molecular weight is 409 g/mol. The van der Waals surface area contributed by atoms with Gasteiger partial charge in [0.1, 0.15) is 5.82 Å². The Morgan fingerprint density at radius 1 is 1.03 bits per heavy atom. The number of rotatable bonds is 7. The molecule has 8 nitrogen and oxygen atoms in total. The van der Waals surface area contributed by atoms with Crippen LogP contribution in [-0.2, 0) is 0 Å². The van der Waals surface area contributed by atoms with Crippen LogP contribution in [0, 0.1) is 0 Å². The van der Waals surface area contributed by atoms with Crippen molar-refractivity contribution in [1.82, 2.24) is 19.9 Å². The zero-order valence-electron chi connectivity index (χ0n) is 17.5. The first-order valence-corrected chi connectivity index (χ1v) is 10.6. The highest BCUT2D eigenvalue weighted by atomic mass is 16.5. The van der Waals surface area contributed by atoms with Crippen molar-refractivity contribution >= 4 is 22.7 Å². The fraction of sp³-hybridized carbons (Fsp3) is 0.455. The second-order valence-corrected chi connectivity index (χ2v) is 7.38. The van der Waals surface area contributed by atoms with Crippen LogP contribution in [0.2, 0.25) is 0 Å². The Hall–Kier alpha value is -3.16. The number of hydrogen-bond donors (Lipinski definition) is 2. The highest BCUT2D eigenvalue weighted by Crippen LogP contribution is 2.33. The lowest BCUT2D eigenvalue weighted by Gasteiger charge is -2.24. The molecule has 4 rings (SSSR count). The monoisotopic (exact) mass is 408 g/mol. The standard InChI is InChI=1S/C22H28N6O2/c1-3-29-20-17(13-24-22(28-20)30-4-2)14-10-11-18-16(12-14)19(27-21(23)26-18)25-15-8-6-5-7-9-15/h10-13,15H,3-9H2,1-2H3,(H3,23,25,26,27). The van der Waals surface area contributed by atoms with E-state index in [4.69, 9.17) is 15.2 Å². The van der Waals surface area contributed by atoms with Gasteiger partial charge in [-0.05, 0) is 44.4 Å². The number of nitrogens with two attached hydrogens (primary N) is 1. The zero-order valence-corrected chi connectivity index (χ0v) is 17.5. The summed E-state index contributed by atoms with van der Waals surface area (Å²) < 4.78 is 11.2. The second-order valence-electron chi connectivity index (χ2n) is 7.38. The molecule has 2 heterocycles. The molecular formula is C22H28N6O2. The van der Waals surface area contributed by atoms with Gasteiger partial charge in [0, 0.05) is 17.6 Å². The molecule has 0 aliphatic heterocycles. The van der Waals surface area contributed by atoms with Crippen molar-refractivity contribution in [3.63, 3.8) is 0 Å². The minimum absolute atomic E-state index is 0.271. The molecule has 158 valence electrons. The van der Waals surface area contributed by atoms with Crippen molar-refractivity contribution in [2.24, 2.45) is 0 Å². The van der Waals surface area contributed by atoms with Gasteiger partial charge >= 0.3 is 6.01 Å². The lowest BCUT2D eigenvalue weighted by atomic mass is 9.95. The van der Waals surface area contributed by atoms with E-state index < -0.39 is 0 Å². The van der Waals surface area contributed by atoms with E-state index in [9.17, 15) is 0 Å². The minimum atomic E-state index is 0.271. The molecule has 2 aromatic heterocycles. The summed E-state index contributed by atoms with van der Waals surface area (Å²) >= 11 is 0. The van der Waals surface area contributed by atoms with Crippen LogP contribution in [0.4, 0.5) is 11.8 Å². The van der Waals surface area contributed by atoms with E-state index in [1.807, 2.05) is 32.0 Å². The Bertz CT molecular complexity index is 1020. The molecule has 0 atom stereocenters. The molecule has 0 radical (unpaired) electrons. The maximum atomic E-state index is 5.97. The summed E-state index contributed by atoms with van der Waals surface area (Å²) in [6.45, 7) is 4.82. The predicted octanol–water partition coefficient (Wildman–Crippen LogP) is 4.21. The number of anilines is 2. The molecule has 0 amide bonds. The molecule has 3 aromatic rings. The highest BCUT2D eigenvalue weighted by Gasteiger charge is 2.17. The molecule has 0 bridgehead atoms. The molecule has 30 heavy (non-hydrogen) atoms. The molecule has 1 aromatic carbocycles. The van der Waals surface area contributed by atoms with Crippen LogP contribution in [0.15, 0.2) is 24.4 Å². The summed E-state index contributed by atoms with van der Waals surface area (Å²) in [5, 5.41) is 4.52. The number of nitrogens with one attached hydrogen (secondary N) is 1. The lowest BCUT2D eigenvalue weighted by molar-refractivity contribution is 0.290. The summed E-state index contributed by atoms with van der Waals surface area (Å²) in [6.07, 6.45) is 7.80. The van der Waals surface area contributed by atoms with Gasteiger partial charge in [-0.1, -0.05) is 25.3 Å². The average Bonchev–Trinajstić information content (AvgIpc) is 2.75. The van der Waals surface area contributed by atoms with Crippen molar-refractivity contribution in [3.8, 4) is 23.0 Å². The maximum Gasteiger partial charge on any atom is 0.319 e. The van der Waals surface area contributed by atoms with Crippen molar-refractivity contribution in [1.29, 1.82) is 0 Å². The fourth-order valence-corrected chi connectivity index (χ4v) is 3.86. The van der Waals surface area contributed by atoms with Crippen molar-refractivity contribution in [2.45, 2.75) is 52.0 Å². The molecule has 8 heteroatoms. The summed E-state index contributed by atoms with van der Waals surface area (Å²) in [6, 6.07) is 6.68. The summed E-state index contributed by atoms with van der Waals surface area (Å²) in [5.74, 6) is 1.54. The van der Waals surface area contributed by atoms with Gasteiger partial charge in [-0.25, -0.2) is 9.97 Å². The van der Waals surface area contributed by atoms with E-state index in [0.717, 1.165) is 40.7 Å². The highest BCUT2D eigenvalue weighted by molar-refractivity contribution is 5.93. The third-order valence-corrected chi connectivity index (χ3v) is 5.26. The Kier molecular flexibility index (Phi) is 6.11. The number of fused-ring (bicyclic) bond motifs is 1. The summed E-state index contributed by atoms with van der Waals surface area (Å²) in [4.78, 5) is 17.6. The Morgan fingerprint density at radius 2 is 1.83 bits per heavy atom. The SMILES string of the molecule is CCOc1ncc(-c2ccc3nc(N)nc(NC4CCCCC4)c3c2)c(OCC)n1. The Morgan fingerprint density at radius 3 is 2.60 bits per heavy atom. The number of nitrogens with zero attached hydrogens (tertiary/aromatic N) is 4. The van der Waals surface area contributed by atoms with Gasteiger partial charge in [-0.3, -0.25) is 0 Å². The predicted molar refractivity (Wildman–Crippen MR) is 118 cm³/mol. The number of nitrogen functional groups attached to an aromatic ring is 1. The molecule has 0 unspecified atom stereocenters. The Labute approximate surface area is 176 Å². The molecule has 1 aliphatic rings. The summed E-state index contributed by atoms with van der Waals surface area (Å²) in [7, 11) is 0. The number of aromatic nitrogens is 4. The lowest BCUT2D eigenvalue weighted by Crippen LogP contribution is -2.23. The van der Waals surface area contributed by atoms with Crippen LogP contribution in [-0.4, -0.2) is 39.2 Å². The van der Waals surface area contributed by atoms with Crippen molar-refractivity contribution < 1.29 is 9.47 Å². The van der Waals surface area contributed by atoms with Crippen LogP contribution in [0.25, 0.3) is 22.0 Å². The van der Waals surface area contributed by atoms with E-state index >= 15 is 0 Å². The van der Waals surface area contributed by atoms with Gasteiger partial charge in [-0.15, -0.1) is 0 Å². The third-order valence-electron chi connectivity index (χ3n) is 5.26. The molecule has 3 N–H and O–H groups in total. The first-order valence-electron chi connectivity index (χ1n) is 10.6. The van der Waals surface area contributed by atoms with E-state index in [0.29, 0.717) is 31.1 Å². The molecule has 0 saturated heterocycles. The van der Waals surface area contributed by atoms with E-state index in [-0.39, 0.29) is 5.95 Å². The second kappa shape index (κ2) is 9.11. The number of benzene rings is 1. The molecule has 0 spiro atoms. The van der Waals surface area contributed by atoms with Crippen LogP contribution >= 0.6 is 0 Å². The van der Waals surface area contributed by atoms with E-state index in [2.05, 4.69) is 25.3 Å². The first kappa shape index (κ1) is 20.1. The molecule has 1 fully saturated rings. The Balaban J connectivity index is 1.75. The molecule has 1 aliphatic carbocycles. The number of ether oxygens (including phenoxy) is 2. The van der Waals surface area contributed by atoms with Crippen LogP contribution in [0.5, 0.6) is 11.9 Å². The van der Waals surface area contributed by atoms with Gasteiger partial charge in [-0.2, -0.15) is 9.97 Å². The van der Waals surface area contributed by atoms with E-state index in [1.54, 1.807) is 6.20 Å². The zero-order chi connectivity index (χ0) is 20.9. The fourth-order valence-electron chi connectivity index (χ4n) is 3.86. The summed E-state index contributed by atoms with van der Waals surface area (Å²) in [5.41, 5.74) is 8.49. The van der Waals surface area contributed by atoms with Crippen molar-refractivity contribution in [3.05, 3.63) is 24.4 Å². The molecular weight excluding hydrogens is 380 g/mol.